The summed E-state index contributed by atoms with van der Waals surface area (Å²) < 4.78 is 0. The number of carboxylic acids is 1. The molecule has 3 unspecified atom stereocenters. The molecule has 0 aromatic heterocycles. The summed E-state index contributed by atoms with van der Waals surface area (Å²) in [7, 11) is 0. The van der Waals surface area contributed by atoms with Crippen LogP contribution >= 0.6 is 0 Å². The molecule has 3 atom stereocenters. The van der Waals surface area contributed by atoms with E-state index in [4.69, 9.17) is 10.2 Å². The van der Waals surface area contributed by atoms with E-state index in [0.29, 0.717) is 12.1 Å². The maximum Gasteiger partial charge on any atom is 0.332 e. The first-order chi connectivity index (χ1) is 8.91. The first kappa shape index (κ1) is 15.7. The minimum atomic E-state index is -1.44. The van der Waals surface area contributed by atoms with E-state index in [1.807, 2.05) is 5.01 Å². The summed E-state index contributed by atoms with van der Waals surface area (Å²) in [6.07, 6.45) is 1.80. The Hall–Kier alpha value is -1.34. The Balaban J connectivity index is 2.28. The molecule has 19 heavy (non-hydrogen) atoms. The second-order valence-corrected chi connectivity index (χ2v) is 5.05. The van der Waals surface area contributed by atoms with Gasteiger partial charge in [0, 0.05) is 25.0 Å². The lowest BCUT2D eigenvalue weighted by Crippen LogP contribution is -2.56. The molecule has 1 rings (SSSR count). The number of hydrogen-bond donors (Lipinski definition) is 4. The summed E-state index contributed by atoms with van der Waals surface area (Å²) >= 11 is 0. The van der Waals surface area contributed by atoms with Crippen molar-refractivity contribution in [3.05, 3.63) is 0 Å². The van der Waals surface area contributed by atoms with Crippen LogP contribution < -0.4 is 10.7 Å². The molecule has 0 spiro atoms. The predicted octanol–water partition coefficient (Wildman–Crippen LogP) is 0.299. The summed E-state index contributed by atoms with van der Waals surface area (Å²) in [5, 5.41) is 22.0. The van der Waals surface area contributed by atoms with E-state index in [1.54, 1.807) is 0 Å². The van der Waals surface area contributed by atoms with Gasteiger partial charge < -0.3 is 15.5 Å². The third kappa shape index (κ3) is 5.04. The van der Waals surface area contributed by atoms with Gasteiger partial charge >= 0.3 is 12.0 Å². The fraction of sp³-hybridized carbons (Fsp3) is 0.833. The molecular formula is C12H23N3O4. The smallest absolute Gasteiger partial charge is 0.332 e. The number of aliphatic carboxylic acids is 1. The molecule has 1 fully saturated rings. The normalized spacial score (nSPS) is 25.6. The average Bonchev–Trinajstić information content (AvgIpc) is 2.33. The van der Waals surface area contributed by atoms with Gasteiger partial charge in [0.1, 0.15) is 0 Å². The van der Waals surface area contributed by atoms with Crippen molar-refractivity contribution in [3.63, 3.8) is 0 Å². The molecule has 0 aliphatic carbocycles. The minimum Gasteiger partial charge on any atom is -0.479 e. The summed E-state index contributed by atoms with van der Waals surface area (Å²) in [5.41, 5.74) is 2.78. The van der Waals surface area contributed by atoms with Crippen LogP contribution in [0.1, 0.15) is 39.5 Å². The first-order valence-electron chi connectivity index (χ1n) is 6.65. The summed E-state index contributed by atoms with van der Waals surface area (Å²) in [5.74, 6) is -1.28. The van der Waals surface area contributed by atoms with Crippen molar-refractivity contribution in [2.24, 2.45) is 0 Å². The Kier molecular flexibility index (Phi) is 6.04. The summed E-state index contributed by atoms with van der Waals surface area (Å²) in [6.45, 7) is 4.24. The molecule has 0 bridgehead atoms. The number of rotatable bonds is 5. The van der Waals surface area contributed by atoms with Crippen LogP contribution in [0.4, 0.5) is 4.79 Å². The van der Waals surface area contributed by atoms with E-state index in [9.17, 15) is 9.59 Å². The number of nitrogens with zero attached hydrogens (tertiary/aromatic N) is 1. The van der Waals surface area contributed by atoms with Crippen molar-refractivity contribution < 1.29 is 19.8 Å². The molecule has 0 aromatic carbocycles. The third-order valence-corrected chi connectivity index (χ3v) is 3.41. The van der Waals surface area contributed by atoms with Gasteiger partial charge in [-0.15, -0.1) is 0 Å². The SMILES string of the molecule is CC1CCCC(C)N1NC(=O)NCCC(O)C(=O)O. The van der Waals surface area contributed by atoms with Crippen LogP contribution in [-0.4, -0.2) is 52.0 Å². The topological polar surface area (TPSA) is 102 Å². The van der Waals surface area contributed by atoms with Gasteiger partial charge in [0.15, 0.2) is 6.10 Å². The van der Waals surface area contributed by atoms with Gasteiger partial charge in [-0.1, -0.05) is 6.42 Å². The number of carbonyl (C=O) groups is 2. The van der Waals surface area contributed by atoms with E-state index in [-0.39, 0.29) is 19.0 Å². The fourth-order valence-corrected chi connectivity index (χ4v) is 2.24. The lowest BCUT2D eigenvalue weighted by Gasteiger charge is -2.38. The minimum absolute atomic E-state index is 0.00609. The van der Waals surface area contributed by atoms with Crippen molar-refractivity contribution in [2.75, 3.05) is 6.54 Å². The number of amides is 2. The van der Waals surface area contributed by atoms with Crippen LogP contribution in [0.3, 0.4) is 0 Å². The maximum atomic E-state index is 11.7. The van der Waals surface area contributed by atoms with Gasteiger partial charge in [-0.25, -0.2) is 14.6 Å². The van der Waals surface area contributed by atoms with Gasteiger partial charge in [-0.05, 0) is 26.7 Å². The van der Waals surface area contributed by atoms with Crippen LogP contribution in [0.2, 0.25) is 0 Å². The first-order valence-corrected chi connectivity index (χ1v) is 6.65. The molecule has 4 N–H and O–H groups in total. The van der Waals surface area contributed by atoms with Crippen LogP contribution in [-0.2, 0) is 4.79 Å². The van der Waals surface area contributed by atoms with Gasteiger partial charge in [0.25, 0.3) is 0 Å². The predicted molar refractivity (Wildman–Crippen MR) is 69.4 cm³/mol. The number of piperidine rings is 1. The standard InChI is InChI=1S/C12H23N3O4/c1-8-4-3-5-9(2)15(8)14-12(19)13-7-6-10(16)11(17)18/h8-10,16H,3-7H2,1-2H3,(H,17,18)(H2,13,14,19). The molecule has 110 valence electrons. The van der Waals surface area contributed by atoms with Crippen molar-refractivity contribution >= 4 is 12.0 Å². The Labute approximate surface area is 112 Å². The monoisotopic (exact) mass is 273 g/mol. The second-order valence-electron chi connectivity index (χ2n) is 5.05. The Bertz CT molecular complexity index is 314. The molecule has 7 heteroatoms. The van der Waals surface area contributed by atoms with Crippen LogP contribution in [0.25, 0.3) is 0 Å². The maximum absolute atomic E-state index is 11.7. The highest BCUT2D eigenvalue weighted by Gasteiger charge is 2.26. The number of carbonyl (C=O) groups excluding carboxylic acids is 1. The Morgan fingerprint density at radius 2 is 1.89 bits per heavy atom. The number of urea groups is 1. The number of aliphatic hydroxyl groups is 1. The van der Waals surface area contributed by atoms with E-state index >= 15 is 0 Å². The molecular weight excluding hydrogens is 250 g/mol. The Morgan fingerprint density at radius 1 is 1.32 bits per heavy atom. The quantitative estimate of drug-likeness (QED) is 0.577. The van der Waals surface area contributed by atoms with Gasteiger partial charge in [-0.3, -0.25) is 5.43 Å². The molecule has 1 aliphatic rings. The Morgan fingerprint density at radius 3 is 2.42 bits per heavy atom. The number of hydrazine groups is 1. The van der Waals surface area contributed by atoms with Crippen molar-refractivity contribution in [3.8, 4) is 0 Å². The largest absolute Gasteiger partial charge is 0.479 e. The van der Waals surface area contributed by atoms with Gasteiger partial charge in [0.05, 0.1) is 0 Å². The molecule has 0 saturated carbocycles. The number of aliphatic hydroxyl groups excluding tert-OH is 1. The highest BCUT2D eigenvalue weighted by Crippen LogP contribution is 2.19. The zero-order valence-corrected chi connectivity index (χ0v) is 11.4. The number of carboxylic acid groups (broad SMARTS) is 1. The number of hydrogen-bond acceptors (Lipinski definition) is 4. The van der Waals surface area contributed by atoms with Gasteiger partial charge in [-0.2, -0.15) is 0 Å². The molecule has 2 amide bonds. The molecule has 1 saturated heterocycles. The molecule has 1 heterocycles. The average molecular weight is 273 g/mol. The molecule has 0 aromatic rings. The summed E-state index contributed by atoms with van der Waals surface area (Å²) in [4.78, 5) is 22.1. The van der Waals surface area contributed by atoms with Crippen LogP contribution in [0.15, 0.2) is 0 Å². The molecule has 0 radical (unpaired) electrons. The second kappa shape index (κ2) is 7.30. The van der Waals surface area contributed by atoms with Crippen molar-refractivity contribution in [1.29, 1.82) is 0 Å². The van der Waals surface area contributed by atoms with E-state index in [1.165, 1.54) is 0 Å². The van der Waals surface area contributed by atoms with E-state index in [0.717, 1.165) is 19.3 Å². The van der Waals surface area contributed by atoms with Crippen LogP contribution in [0.5, 0.6) is 0 Å². The highest BCUT2D eigenvalue weighted by atomic mass is 16.4. The molecule has 1 aliphatic heterocycles. The van der Waals surface area contributed by atoms with Crippen LogP contribution in [0, 0.1) is 0 Å². The van der Waals surface area contributed by atoms with E-state index < -0.39 is 12.1 Å². The number of nitrogens with one attached hydrogen (secondary N) is 2. The lowest BCUT2D eigenvalue weighted by molar-refractivity contribution is -0.146. The van der Waals surface area contributed by atoms with Crippen molar-refractivity contribution in [2.45, 2.75) is 57.7 Å². The third-order valence-electron chi connectivity index (χ3n) is 3.41. The molecule has 7 nitrogen and oxygen atoms in total. The van der Waals surface area contributed by atoms with Crippen molar-refractivity contribution in [1.82, 2.24) is 15.8 Å². The highest BCUT2D eigenvalue weighted by molar-refractivity contribution is 5.74. The van der Waals surface area contributed by atoms with E-state index in [2.05, 4.69) is 24.6 Å². The lowest BCUT2D eigenvalue weighted by atomic mass is 10.00. The zero-order valence-electron chi connectivity index (χ0n) is 11.4. The van der Waals surface area contributed by atoms with Gasteiger partial charge in [0.2, 0.25) is 0 Å². The zero-order chi connectivity index (χ0) is 14.4. The summed E-state index contributed by atoms with van der Waals surface area (Å²) in [6, 6.07) is 0.219. The fourth-order valence-electron chi connectivity index (χ4n) is 2.24.